The van der Waals surface area contributed by atoms with E-state index >= 15 is 0 Å². The molecule has 2 unspecified atom stereocenters. The van der Waals surface area contributed by atoms with Gasteiger partial charge in [0.2, 0.25) is 5.67 Å². The van der Waals surface area contributed by atoms with Crippen molar-refractivity contribution < 1.29 is 19.0 Å². The first-order chi connectivity index (χ1) is 7.13. The number of ether oxygens (including phenoxy) is 1. The van der Waals surface area contributed by atoms with Crippen LogP contribution in [0.15, 0.2) is 30.3 Å². The molecule has 1 amide bonds. The van der Waals surface area contributed by atoms with Gasteiger partial charge in [-0.1, -0.05) is 30.3 Å². The normalized spacial score (nSPS) is 30.5. The number of aliphatic hydroxyl groups is 1. The summed E-state index contributed by atoms with van der Waals surface area (Å²) in [6.45, 7) is -0.482. The van der Waals surface area contributed by atoms with E-state index < -0.39 is 24.6 Å². The summed E-state index contributed by atoms with van der Waals surface area (Å²) in [6.07, 6.45) is -2.40. The van der Waals surface area contributed by atoms with Gasteiger partial charge < -0.3 is 9.84 Å². The molecule has 1 aliphatic heterocycles. The number of nitrogens with one attached hydrogen (secondary N) is 1. The molecule has 1 aromatic carbocycles. The van der Waals surface area contributed by atoms with Gasteiger partial charge in [-0.15, -0.1) is 0 Å². The van der Waals surface area contributed by atoms with Crippen molar-refractivity contribution in [3.63, 3.8) is 0 Å². The summed E-state index contributed by atoms with van der Waals surface area (Å²) in [6, 6.07) is 8.11. The lowest BCUT2D eigenvalue weighted by atomic mass is 9.94. The summed E-state index contributed by atoms with van der Waals surface area (Å²) in [5, 5.41) is 11.5. The minimum atomic E-state index is -2.09. The molecule has 80 valence electrons. The Kier molecular flexibility index (Phi) is 2.32. The number of cyclic esters (lactones) is 1. The number of carbonyl (C=O) groups is 1. The molecular formula is C10H10FNO3. The molecule has 1 saturated heterocycles. The molecule has 1 aromatic rings. The molecule has 0 radical (unpaired) electrons. The zero-order valence-electron chi connectivity index (χ0n) is 7.81. The van der Waals surface area contributed by atoms with Gasteiger partial charge in [0.15, 0.2) is 6.23 Å². The predicted molar refractivity (Wildman–Crippen MR) is 49.7 cm³/mol. The number of halogens is 1. The maximum absolute atomic E-state index is 14.3. The molecule has 1 aliphatic rings. The van der Waals surface area contributed by atoms with Crippen molar-refractivity contribution in [3.05, 3.63) is 35.9 Å². The average Bonchev–Trinajstić information content (AvgIpc) is 2.25. The third-order valence-electron chi connectivity index (χ3n) is 2.35. The topological polar surface area (TPSA) is 58.6 Å². The lowest BCUT2D eigenvalue weighted by Gasteiger charge is -2.34. The van der Waals surface area contributed by atoms with Crippen molar-refractivity contribution in [3.8, 4) is 0 Å². The molecule has 1 fully saturated rings. The van der Waals surface area contributed by atoms with Crippen LogP contribution in [-0.2, 0) is 10.4 Å². The van der Waals surface area contributed by atoms with Crippen LogP contribution in [0.2, 0.25) is 0 Å². The quantitative estimate of drug-likeness (QED) is 0.725. The van der Waals surface area contributed by atoms with Gasteiger partial charge in [0.05, 0.1) is 0 Å². The molecule has 2 N–H and O–H groups in total. The van der Waals surface area contributed by atoms with E-state index in [1.165, 1.54) is 12.1 Å². The van der Waals surface area contributed by atoms with Crippen molar-refractivity contribution in [1.29, 1.82) is 0 Å². The fraction of sp³-hybridized carbons (Fsp3) is 0.300. The van der Waals surface area contributed by atoms with Crippen LogP contribution < -0.4 is 5.32 Å². The Morgan fingerprint density at radius 1 is 1.47 bits per heavy atom. The fourth-order valence-electron chi connectivity index (χ4n) is 1.47. The van der Waals surface area contributed by atoms with Gasteiger partial charge in [0, 0.05) is 0 Å². The van der Waals surface area contributed by atoms with Gasteiger partial charge in [0.1, 0.15) is 6.61 Å². The zero-order valence-corrected chi connectivity index (χ0v) is 7.81. The second kappa shape index (κ2) is 3.51. The average molecular weight is 211 g/mol. The molecule has 0 aromatic heterocycles. The van der Waals surface area contributed by atoms with E-state index in [2.05, 4.69) is 4.74 Å². The van der Waals surface area contributed by atoms with E-state index in [0.717, 1.165) is 0 Å². The molecule has 2 atom stereocenters. The number of benzene rings is 1. The van der Waals surface area contributed by atoms with Crippen LogP contribution in [0.5, 0.6) is 0 Å². The number of rotatable bonds is 1. The monoisotopic (exact) mass is 211 g/mol. The largest absolute Gasteiger partial charge is 0.446 e. The molecule has 5 heteroatoms. The summed E-state index contributed by atoms with van der Waals surface area (Å²) in [5.74, 6) is 0. The predicted octanol–water partition coefficient (Wildman–Crippen LogP) is 0.910. The van der Waals surface area contributed by atoms with Gasteiger partial charge >= 0.3 is 6.09 Å². The van der Waals surface area contributed by atoms with Gasteiger partial charge in [0.25, 0.3) is 0 Å². The van der Waals surface area contributed by atoms with E-state index in [4.69, 9.17) is 0 Å². The molecule has 15 heavy (non-hydrogen) atoms. The highest BCUT2D eigenvalue weighted by Crippen LogP contribution is 2.31. The summed E-state index contributed by atoms with van der Waals surface area (Å²) in [5.41, 5.74) is -1.81. The highest BCUT2D eigenvalue weighted by Gasteiger charge is 2.46. The third-order valence-corrected chi connectivity index (χ3v) is 2.35. The lowest BCUT2D eigenvalue weighted by molar-refractivity contribution is -0.0941. The first-order valence-electron chi connectivity index (χ1n) is 4.49. The summed E-state index contributed by atoms with van der Waals surface area (Å²) in [7, 11) is 0. The maximum Gasteiger partial charge on any atom is 0.409 e. The zero-order chi connectivity index (χ0) is 10.9. The van der Waals surface area contributed by atoms with Crippen LogP contribution in [0, 0.1) is 0 Å². The Morgan fingerprint density at radius 3 is 2.73 bits per heavy atom. The number of hydrogen-bond acceptors (Lipinski definition) is 3. The van der Waals surface area contributed by atoms with Gasteiger partial charge in [-0.3, -0.25) is 5.32 Å². The third kappa shape index (κ3) is 1.66. The lowest BCUT2D eigenvalue weighted by Crippen LogP contribution is -2.56. The van der Waals surface area contributed by atoms with Crippen molar-refractivity contribution >= 4 is 6.09 Å². The number of alkyl halides is 1. The fourth-order valence-corrected chi connectivity index (χ4v) is 1.47. The van der Waals surface area contributed by atoms with Crippen LogP contribution in [0.4, 0.5) is 9.18 Å². The molecule has 0 saturated carbocycles. The van der Waals surface area contributed by atoms with Crippen LogP contribution in [-0.4, -0.2) is 24.0 Å². The molecular weight excluding hydrogens is 201 g/mol. The minimum Gasteiger partial charge on any atom is -0.446 e. The second-order valence-corrected chi connectivity index (χ2v) is 3.35. The van der Waals surface area contributed by atoms with E-state index in [-0.39, 0.29) is 5.56 Å². The van der Waals surface area contributed by atoms with Crippen LogP contribution in [0.1, 0.15) is 5.56 Å². The number of amides is 1. The van der Waals surface area contributed by atoms with Crippen LogP contribution in [0.25, 0.3) is 0 Å². The Labute approximate surface area is 85.7 Å². The van der Waals surface area contributed by atoms with Crippen molar-refractivity contribution in [2.24, 2.45) is 0 Å². The summed E-state index contributed by atoms with van der Waals surface area (Å²) in [4.78, 5) is 10.7. The highest BCUT2D eigenvalue weighted by molar-refractivity contribution is 5.68. The molecule has 0 aliphatic carbocycles. The van der Waals surface area contributed by atoms with Crippen molar-refractivity contribution in [1.82, 2.24) is 5.32 Å². The first-order valence-corrected chi connectivity index (χ1v) is 4.49. The summed E-state index contributed by atoms with van der Waals surface area (Å²) < 4.78 is 18.8. The number of alkyl carbamates (subject to hydrolysis) is 1. The van der Waals surface area contributed by atoms with Gasteiger partial charge in [-0.25, -0.2) is 9.18 Å². The molecule has 2 rings (SSSR count). The van der Waals surface area contributed by atoms with E-state index in [1.54, 1.807) is 18.2 Å². The van der Waals surface area contributed by atoms with Crippen molar-refractivity contribution in [2.75, 3.05) is 6.61 Å². The Balaban J connectivity index is 2.30. The SMILES string of the molecule is O=C1NC(O)C(F)(c2ccccc2)CO1. The maximum atomic E-state index is 14.3. The van der Waals surface area contributed by atoms with Crippen LogP contribution in [0.3, 0.4) is 0 Å². The van der Waals surface area contributed by atoms with E-state index in [1.807, 2.05) is 5.32 Å². The second-order valence-electron chi connectivity index (χ2n) is 3.35. The minimum absolute atomic E-state index is 0.275. The van der Waals surface area contributed by atoms with Crippen LogP contribution >= 0.6 is 0 Å². The van der Waals surface area contributed by atoms with Gasteiger partial charge in [-0.2, -0.15) is 0 Å². The smallest absolute Gasteiger partial charge is 0.409 e. The van der Waals surface area contributed by atoms with E-state index in [0.29, 0.717) is 0 Å². The molecule has 0 bridgehead atoms. The molecule has 0 spiro atoms. The Hall–Kier alpha value is -1.62. The highest BCUT2D eigenvalue weighted by atomic mass is 19.1. The number of carbonyl (C=O) groups excluding carboxylic acids is 1. The Bertz CT molecular complexity index is 370. The molecule has 4 nitrogen and oxygen atoms in total. The number of hydrogen-bond donors (Lipinski definition) is 2. The molecule has 1 heterocycles. The van der Waals surface area contributed by atoms with Crippen molar-refractivity contribution in [2.45, 2.75) is 11.9 Å². The standard InChI is InChI=1S/C10H10FNO3/c11-10(7-4-2-1-3-5-7)6-15-9(14)12-8(10)13/h1-5,8,13H,6H2,(H,12,14). The Morgan fingerprint density at radius 2 is 2.13 bits per heavy atom. The van der Waals surface area contributed by atoms with Gasteiger partial charge in [-0.05, 0) is 5.56 Å². The first kappa shape index (κ1) is 9.92. The summed E-state index contributed by atoms with van der Waals surface area (Å²) >= 11 is 0. The number of aliphatic hydroxyl groups excluding tert-OH is 1. The van der Waals surface area contributed by atoms with E-state index in [9.17, 15) is 14.3 Å².